The maximum atomic E-state index is 6.11. The molecule has 0 N–H and O–H groups in total. The number of anilines is 1. The van der Waals surface area contributed by atoms with Crippen molar-refractivity contribution in [3.8, 4) is 0 Å². The Morgan fingerprint density at radius 2 is 1.96 bits per heavy atom. The number of hydrogen-bond acceptors (Lipinski definition) is 3. The summed E-state index contributed by atoms with van der Waals surface area (Å²) in [7, 11) is 2.09. The minimum atomic E-state index is 0.815. The van der Waals surface area contributed by atoms with Crippen LogP contribution >= 0.6 is 11.6 Å². The fraction of sp³-hybridized carbons (Fsp3) is 0.500. The second kappa shape index (κ2) is 6.17. The third-order valence-electron chi connectivity index (χ3n) is 5.12. The molecule has 1 aliphatic carbocycles. The van der Waals surface area contributed by atoms with E-state index in [0.29, 0.717) is 0 Å². The fourth-order valence-corrected chi connectivity index (χ4v) is 4.02. The molecule has 122 valence electrons. The average molecular weight is 331 g/mol. The number of benzene rings is 1. The van der Waals surface area contributed by atoms with Crippen LogP contribution in [0.3, 0.4) is 0 Å². The summed E-state index contributed by atoms with van der Waals surface area (Å²) in [6.45, 7) is 5.32. The summed E-state index contributed by atoms with van der Waals surface area (Å²) in [6, 6.07) is 8.17. The highest BCUT2D eigenvalue weighted by Crippen LogP contribution is 2.26. The van der Waals surface area contributed by atoms with Gasteiger partial charge >= 0.3 is 0 Å². The van der Waals surface area contributed by atoms with E-state index in [-0.39, 0.29) is 0 Å². The van der Waals surface area contributed by atoms with E-state index in [9.17, 15) is 0 Å². The average Bonchev–Trinajstić information content (AvgIpc) is 3.11. The SMILES string of the molecule is Cn1nc2c(c1CN1CCN(c3cccc(Cl)c3)CC1)CCC2. The summed E-state index contributed by atoms with van der Waals surface area (Å²) in [5.74, 6) is 0. The van der Waals surface area contributed by atoms with E-state index in [1.807, 2.05) is 12.1 Å². The second-order valence-electron chi connectivity index (χ2n) is 6.59. The van der Waals surface area contributed by atoms with Gasteiger partial charge in [-0.3, -0.25) is 9.58 Å². The van der Waals surface area contributed by atoms with Crippen LogP contribution in [0.2, 0.25) is 5.02 Å². The van der Waals surface area contributed by atoms with Crippen LogP contribution in [0.15, 0.2) is 24.3 Å². The van der Waals surface area contributed by atoms with Crippen molar-refractivity contribution >= 4 is 17.3 Å². The molecule has 0 spiro atoms. The molecule has 0 radical (unpaired) electrons. The van der Waals surface area contributed by atoms with Gasteiger partial charge in [-0.2, -0.15) is 5.10 Å². The van der Waals surface area contributed by atoms with Crippen molar-refractivity contribution in [3.63, 3.8) is 0 Å². The summed E-state index contributed by atoms with van der Waals surface area (Å²) in [5.41, 5.74) is 5.51. The number of halogens is 1. The number of fused-ring (bicyclic) bond motifs is 1. The van der Waals surface area contributed by atoms with E-state index in [2.05, 4.69) is 33.7 Å². The van der Waals surface area contributed by atoms with E-state index in [4.69, 9.17) is 16.7 Å². The molecule has 0 amide bonds. The van der Waals surface area contributed by atoms with Crippen LogP contribution in [0.4, 0.5) is 5.69 Å². The van der Waals surface area contributed by atoms with Crippen LogP contribution in [-0.4, -0.2) is 40.9 Å². The lowest BCUT2D eigenvalue weighted by atomic mass is 10.1. The predicted molar refractivity (Wildman–Crippen MR) is 94.2 cm³/mol. The normalized spacial score (nSPS) is 18.4. The van der Waals surface area contributed by atoms with Gasteiger partial charge in [0.1, 0.15) is 0 Å². The van der Waals surface area contributed by atoms with Crippen LogP contribution in [0.25, 0.3) is 0 Å². The number of hydrogen-bond donors (Lipinski definition) is 0. The minimum Gasteiger partial charge on any atom is -0.369 e. The molecule has 2 aliphatic rings. The molecule has 1 aromatic heterocycles. The number of nitrogens with zero attached hydrogens (tertiary/aromatic N) is 4. The van der Waals surface area contributed by atoms with Crippen molar-refractivity contribution < 1.29 is 0 Å². The molecule has 0 bridgehead atoms. The molecule has 2 aromatic rings. The van der Waals surface area contributed by atoms with Gasteiger partial charge in [0, 0.05) is 50.5 Å². The summed E-state index contributed by atoms with van der Waals surface area (Å²) >= 11 is 6.11. The van der Waals surface area contributed by atoms with Crippen LogP contribution in [0.1, 0.15) is 23.4 Å². The smallest absolute Gasteiger partial charge is 0.0660 e. The molecule has 2 heterocycles. The van der Waals surface area contributed by atoms with Crippen LogP contribution in [-0.2, 0) is 26.4 Å². The predicted octanol–water partition coefficient (Wildman–Crippen LogP) is 2.88. The first-order chi connectivity index (χ1) is 11.2. The number of aryl methyl sites for hydroxylation is 2. The molecular weight excluding hydrogens is 308 g/mol. The molecule has 0 atom stereocenters. The Labute approximate surface area is 142 Å². The Morgan fingerprint density at radius 3 is 2.74 bits per heavy atom. The monoisotopic (exact) mass is 330 g/mol. The van der Waals surface area contributed by atoms with Crippen molar-refractivity contribution in [2.45, 2.75) is 25.8 Å². The molecular formula is C18H23ClN4. The van der Waals surface area contributed by atoms with Crippen molar-refractivity contribution in [1.82, 2.24) is 14.7 Å². The summed E-state index contributed by atoms with van der Waals surface area (Å²) in [4.78, 5) is 4.98. The molecule has 1 aromatic carbocycles. The van der Waals surface area contributed by atoms with E-state index >= 15 is 0 Å². The standard InChI is InChI=1S/C18H23ClN4/c1-21-18(16-6-3-7-17(16)20-21)13-22-8-10-23(11-9-22)15-5-2-4-14(19)12-15/h2,4-5,12H,3,6-11,13H2,1H3. The van der Waals surface area contributed by atoms with E-state index in [1.54, 1.807) is 0 Å². The second-order valence-corrected chi connectivity index (χ2v) is 7.03. The van der Waals surface area contributed by atoms with Gasteiger partial charge in [0.15, 0.2) is 0 Å². The lowest BCUT2D eigenvalue weighted by molar-refractivity contribution is 0.243. The minimum absolute atomic E-state index is 0.815. The van der Waals surface area contributed by atoms with E-state index in [1.165, 1.54) is 35.5 Å². The third-order valence-corrected chi connectivity index (χ3v) is 5.35. The highest BCUT2D eigenvalue weighted by molar-refractivity contribution is 6.30. The Kier molecular flexibility index (Phi) is 4.04. The van der Waals surface area contributed by atoms with Gasteiger partial charge in [-0.05, 0) is 43.0 Å². The van der Waals surface area contributed by atoms with E-state index in [0.717, 1.165) is 44.2 Å². The van der Waals surface area contributed by atoms with Gasteiger partial charge < -0.3 is 4.90 Å². The molecule has 1 fully saturated rings. The summed E-state index contributed by atoms with van der Waals surface area (Å²) in [5, 5.41) is 5.51. The Bertz CT molecular complexity index is 701. The first kappa shape index (κ1) is 15.0. The molecule has 0 saturated carbocycles. The quantitative estimate of drug-likeness (QED) is 0.865. The van der Waals surface area contributed by atoms with Gasteiger partial charge in [0.05, 0.1) is 11.4 Å². The highest BCUT2D eigenvalue weighted by Gasteiger charge is 2.24. The zero-order chi connectivity index (χ0) is 15.8. The zero-order valence-corrected chi connectivity index (χ0v) is 14.4. The number of rotatable bonds is 3. The van der Waals surface area contributed by atoms with Crippen LogP contribution in [0, 0.1) is 0 Å². The van der Waals surface area contributed by atoms with Gasteiger partial charge in [0.25, 0.3) is 0 Å². The molecule has 1 aliphatic heterocycles. The summed E-state index contributed by atoms with van der Waals surface area (Å²) in [6.07, 6.45) is 3.64. The van der Waals surface area contributed by atoms with Crippen LogP contribution < -0.4 is 4.90 Å². The molecule has 4 nitrogen and oxygen atoms in total. The van der Waals surface area contributed by atoms with Crippen LogP contribution in [0.5, 0.6) is 0 Å². The Morgan fingerprint density at radius 1 is 1.13 bits per heavy atom. The molecule has 5 heteroatoms. The maximum absolute atomic E-state index is 6.11. The topological polar surface area (TPSA) is 24.3 Å². The molecule has 4 rings (SSSR count). The lowest BCUT2D eigenvalue weighted by Gasteiger charge is -2.36. The van der Waals surface area contributed by atoms with Crippen molar-refractivity contribution in [2.24, 2.45) is 7.05 Å². The molecule has 0 unspecified atom stereocenters. The third kappa shape index (κ3) is 2.98. The molecule has 23 heavy (non-hydrogen) atoms. The van der Waals surface area contributed by atoms with E-state index < -0.39 is 0 Å². The Balaban J connectivity index is 1.41. The fourth-order valence-electron chi connectivity index (χ4n) is 3.83. The van der Waals surface area contributed by atoms with Crippen molar-refractivity contribution in [3.05, 3.63) is 46.2 Å². The largest absolute Gasteiger partial charge is 0.369 e. The van der Waals surface area contributed by atoms with Crippen molar-refractivity contribution in [1.29, 1.82) is 0 Å². The zero-order valence-electron chi connectivity index (χ0n) is 13.6. The van der Waals surface area contributed by atoms with Crippen molar-refractivity contribution in [2.75, 3.05) is 31.1 Å². The highest BCUT2D eigenvalue weighted by atomic mass is 35.5. The first-order valence-corrected chi connectivity index (χ1v) is 8.85. The number of aromatic nitrogens is 2. The Hall–Kier alpha value is -1.52. The maximum Gasteiger partial charge on any atom is 0.0660 e. The van der Waals surface area contributed by atoms with Gasteiger partial charge in [-0.1, -0.05) is 17.7 Å². The number of piperazine rings is 1. The van der Waals surface area contributed by atoms with Gasteiger partial charge in [-0.15, -0.1) is 0 Å². The first-order valence-electron chi connectivity index (χ1n) is 8.47. The van der Waals surface area contributed by atoms with Gasteiger partial charge in [0.2, 0.25) is 0 Å². The lowest BCUT2D eigenvalue weighted by Crippen LogP contribution is -2.46. The summed E-state index contributed by atoms with van der Waals surface area (Å²) < 4.78 is 2.10. The van der Waals surface area contributed by atoms with Gasteiger partial charge in [-0.25, -0.2) is 0 Å². The molecule has 1 saturated heterocycles.